The quantitative estimate of drug-likeness (QED) is 0.806. The van der Waals surface area contributed by atoms with E-state index in [-0.39, 0.29) is 0 Å². The topological polar surface area (TPSA) is 21.3 Å². The zero-order chi connectivity index (χ0) is 14.4. The highest BCUT2D eigenvalue weighted by Crippen LogP contribution is 2.34. The molecule has 1 aliphatic rings. The third-order valence-corrected chi connectivity index (χ3v) is 5.26. The van der Waals surface area contributed by atoms with Crippen LogP contribution < -0.4 is 10.1 Å². The van der Waals surface area contributed by atoms with E-state index in [1.54, 1.807) is 7.11 Å². The molecule has 0 aliphatic heterocycles. The van der Waals surface area contributed by atoms with E-state index in [0.29, 0.717) is 6.04 Å². The van der Waals surface area contributed by atoms with Crippen LogP contribution in [-0.2, 0) is 12.3 Å². The summed E-state index contributed by atoms with van der Waals surface area (Å²) in [5, 5.41) is 4.33. The SMILES string of the molecule is COc1ccc(CNC(C)C)cc1CSC1CCCC1. The first-order valence-corrected chi connectivity index (χ1v) is 8.74. The van der Waals surface area contributed by atoms with Crippen LogP contribution in [0.15, 0.2) is 18.2 Å². The number of nitrogens with one attached hydrogen (secondary N) is 1. The van der Waals surface area contributed by atoms with Crippen molar-refractivity contribution in [3.63, 3.8) is 0 Å². The second-order valence-corrected chi connectivity index (χ2v) is 7.19. The fourth-order valence-corrected chi connectivity index (χ4v) is 3.95. The molecule has 112 valence electrons. The smallest absolute Gasteiger partial charge is 0.122 e. The number of methoxy groups -OCH3 is 1. The first kappa shape index (κ1) is 15.7. The van der Waals surface area contributed by atoms with E-state index >= 15 is 0 Å². The van der Waals surface area contributed by atoms with Crippen LogP contribution in [0.1, 0.15) is 50.7 Å². The van der Waals surface area contributed by atoms with E-state index in [1.807, 2.05) is 0 Å². The maximum atomic E-state index is 5.51. The summed E-state index contributed by atoms with van der Waals surface area (Å²) in [6.07, 6.45) is 5.60. The van der Waals surface area contributed by atoms with Gasteiger partial charge in [0.05, 0.1) is 7.11 Å². The van der Waals surface area contributed by atoms with E-state index in [9.17, 15) is 0 Å². The number of hydrogen-bond acceptors (Lipinski definition) is 3. The lowest BCUT2D eigenvalue weighted by molar-refractivity contribution is 0.411. The fourth-order valence-electron chi connectivity index (χ4n) is 2.64. The Labute approximate surface area is 127 Å². The molecule has 1 saturated carbocycles. The molecule has 1 aliphatic carbocycles. The Kier molecular flexibility index (Phi) is 6.24. The zero-order valence-corrected chi connectivity index (χ0v) is 13.8. The molecule has 1 N–H and O–H groups in total. The maximum absolute atomic E-state index is 5.51. The summed E-state index contributed by atoms with van der Waals surface area (Å²) in [5.74, 6) is 2.10. The molecule has 0 unspecified atom stereocenters. The number of hydrogen-bond donors (Lipinski definition) is 1. The van der Waals surface area contributed by atoms with Crippen LogP contribution in [0.5, 0.6) is 5.75 Å². The lowest BCUT2D eigenvalue weighted by Gasteiger charge is -2.14. The Bertz CT molecular complexity index is 413. The molecule has 20 heavy (non-hydrogen) atoms. The van der Waals surface area contributed by atoms with Crippen LogP contribution in [0, 0.1) is 0 Å². The third-order valence-electron chi connectivity index (χ3n) is 3.84. The summed E-state index contributed by atoms with van der Waals surface area (Å²) in [5.41, 5.74) is 2.69. The first-order valence-electron chi connectivity index (χ1n) is 7.70. The average molecular weight is 293 g/mol. The average Bonchev–Trinajstić information content (AvgIpc) is 2.96. The predicted molar refractivity (Wildman–Crippen MR) is 88.5 cm³/mol. The van der Waals surface area contributed by atoms with Crippen molar-refractivity contribution in [1.82, 2.24) is 5.32 Å². The minimum Gasteiger partial charge on any atom is -0.496 e. The molecule has 0 saturated heterocycles. The molecule has 1 fully saturated rings. The van der Waals surface area contributed by atoms with Gasteiger partial charge in [-0.25, -0.2) is 0 Å². The Hall–Kier alpha value is -0.670. The zero-order valence-electron chi connectivity index (χ0n) is 12.9. The summed E-state index contributed by atoms with van der Waals surface area (Å²) < 4.78 is 5.51. The van der Waals surface area contributed by atoms with E-state index in [4.69, 9.17) is 4.74 Å². The van der Waals surface area contributed by atoms with Crippen LogP contribution in [-0.4, -0.2) is 18.4 Å². The molecule has 2 nitrogen and oxygen atoms in total. The Morgan fingerprint density at radius 3 is 2.70 bits per heavy atom. The van der Waals surface area contributed by atoms with Gasteiger partial charge < -0.3 is 10.1 Å². The molecule has 0 aromatic heterocycles. The maximum Gasteiger partial charge on any atom is 0.122 e. The molecular weight excluding hydrogens is 266 g/mol. The normalized spacial score (nSPS) is 16.0. The van der Waals surface area contributed by atoms with Gasteiger partial charge in [-0.1, -0.05) is 32.8 Å². The van der Waals surface area contributed by atoms with Gasteiger partial charge in [-0.2, -0.15) is 11.8 Å². The van der Waals surface area contributed by atoms with Crippen molar-refractivity contribution in [2.75, 3.05) is 7.11 Å². The molecule has 3 heteroatoms. The highest BCUT2D eigenvalue weighted by molar-refractivity contribution is 7.99. The number of rotatable bonds is 7. The monoisotopic (exact) mass is 293 g/mol. The van der Waals surface area contributed by atoms with E-state index in [1.165, 1.54) is 36.8 Å². The molecule has 0 heterocycles. The van der Waals surface area contributed by atoms with Crippen LogP contribution >= 0.6 is 11.8 Å². The summed E-state index contributed by atoms with van der Waals surface area (Å²) in [7, 11) is 1.77. The lowest BCUT2D eigenvalue weighted by atomic mass is 10.1. The summed E-state index contributed by atoms with van der Waals surface area (Å²) in [4.78, 5) is 0. The minimum atomic E-state index is 0.522. The van der Waals surface area contributed by atoms with Gasteiger partial charge >= 0.3 is 0 Å². The number of benzene rings is 1. The molecule has 1 aromatic rings. The fraction of sp³-hybridized carbons (Fsp3) is 0.647. The van der Waals surface area contributed by atoms with Crippen molar-refractivity contribution in [1.29, 1.82) is 0 Å². The van der Waals surface area contributed by atoms with Crippen molar-refractivity contribution in [3.8, 4) is 5.75 Å². The van der Waals surface area contributed by atoms with E-state index in [2.05, 4.69) is 49.1 Å². The number of ether oxygens (including phenoxy) is 1. The predicted octanol–water partition coefficient (Wildman–Crippen LogP) is 4.37. The van der Waals surface area contributed by atoms with Crippen LogP contribution in [0.3, 0.4) is 0 Å². The lowest BCUT2D eigenvalue weighted by Crippen LogP contribution is -2.21. The summed E-state index contributed by atoms with van der Waals surface area (Å²) in [6.45, 7) is 5.30. The Morgan fingerprint density at radius 2 is 2.05 bits per heavy atom. The van der Waals surface area contributed by atoms with Crippen LogP contribution in [0.4, 0.5) is 0 Å². The molecule has 2 rings (SSSR count). The van der Waals surface area contributed by atoms with Gasteiger partial charge in [-0.3, -0.25) is 0 Å². The van der Waals surface area contributed by atoms with Gasteiger partial charge in [0.15, 0.2) is 0 Å². The highest BCUT2D eigenvalue weighted by Gasteiger charge is 2.16. The largest absolute Gasteiger partial charge is 0.496 e. The second kappa shape index (κ2) is 7.94. The van der Waals surface area contributed by atoms with Gasteiger partial charge in [-0.15, -0.1) is 0 Å². The third kappa shape index (κ3) is 4.71. The van der Waals surface area contributed by atoms with Gasteiger partial charge in [0.2, 0.25) is 0 Å². The Morgan fingerprint density at radius 1 is 1.30 bits per heavy atom. The van der Waals surface area contributed by atoms with Crippen molar-refractivity contribution in [2.45, 2.75) is 63.1 Å². The Balaban J connectivity index is 1.97. The standard InChI is InChI=1S/C17H27NOS/c1-13(2)18-11-14-8-9-17(19-3)15(10-14)12-20-16-6-4-5-7-16/h8-10,13,16,18H,4-7,11-12H2,1-3H3. The molecule has 0 amide bonds. The van der Waals surface area contributed by atoms with E-state index < -0.39 is 0 Å². The molecule has 0 spiro atoms. The summed E-state index contributed by atoms with van der Waals surface area (Å²) in [6, 6.07) is 7.10. The molecule has 0 atom stereocenters. The van der Waals surface area contributed by atoms with Crippen molar-refractivity contribution >= 4 is 11.8 Å². The van der Waals surface area contributed by atoms with Gasteiger partial charge in [0, 0.05) is 29.2 Å². The van der Waals surface area contributed by atoms with Crippen LogP contribution in [0.2, 0.25) is 0 Å². The highest BCUT2D eigenvalue weighted by atomic mass is 32.2. The molecule has 0 radical (unpaired) electrons. The molecular formula is C17H27NOS. The van der Waals surface area contributed by atoms with Crippen LogP contribution in [0.25, 0.3) is 0 Å². The van der Waals surface area contributed by atoms with Crippen molar-refractivity contribution < 1.29 is 4.74 Å². The molecule has 0 bridgehead atoms. The number of thioether (sulfide) groups is 1. The van der Waals surface area contributed by atoms with Crippen molar-refractivity contribution in [2.24, 2.45) is 0 Å². The summed E-state index contributed by atoms with van der Waals surface area (Å²) >= 11 is 2.10. The van der Waals surface area contributed by atoms with E-state index in [0.717, 1.165) is 23.3 Å². The van der Waals surface area contributed by atoms with Gasteiger partial charge in [0.25, 0.3) is 0 Å². The second-order valence-electron chi connectivity index (χ2n) is 5.90. The van der Waals surface area contributed by atoms with Crippen molar-refractivity contribution in [3.05, 3.63) is 29.3 Å². The van der Waals surface area contributed by atoms with Gasteiger partial charge in [-0.05, 0) is 30.5 Å². The van der Waals surface area contributed by atoms with Gasteiger partial charge in [0.1, 0.15) is 5.75 Å². The minimum absolute atomic E-state index is 0.522. The first-order chi connectivity index (χ1) is 9.69. The molecule has 1 aromatic carbocycles.